The summed E-state index contributed by atoms with van der Waals surface area (Å²) in [5.41, 5.74) is 7.43. The standard InChI is InChI=1S/C15H22N6O.ClH/c1-4-21-14(18-19-20-21)11-6-5-7-12(9-11)17-15(22)13(16)8-10(2)3;/h5-7,9-10,13H,4,8,16H2,1-3H3,(H,17,22);1H/t13-;/m0./s1. The van der Waals surface area contributed by atoms with Gasteiger partial charge in [0.25, 0.3) is 0 Å². The van der Waals surface area contributed by atoms with E-state index in [9.17, 15) is 4.79 Å². The van der Waals surface area contributed by atoms with E-state index in [4.69, 9.17) is 5.73 Å². The SMILES string of the molecule is CCn1nnnc1-c1cccc(NC(=O)[C@@H](N)CC(C)C)c1.Cl. The Bertz CT molecular complexity index is 642. The first kappa shape index (κ1) is 19.1. The lowest BCUT2D eigenvalue weighted by molar-refractivity contribution is -0.117. The van der Waals surface area contributed by atoms with Crippen molar-refractivity contribution in [2.45, 2.75) is 39.8 Å². The molecule has 1 aromatic heterocycles. The Balaban J connectivity index is 0.00000264. The summed E-state index contributed by atoms with van der Waals surface area (Å²) in [6.07, 6.45) is 0.652. The first-order valence-corrected chi connectivity index (χ1v) is 7.44. The second-order valence-corrected chi connectivity index (χ2v) is 5.62. The lowest BCUT2D eigenvalue weighted by Crippen LogP contribution is -2.36. The number of aromatic nitrogens is 4. The van der Waals surface area contributed by atoms with Gasteiger partial charge in [0.2, 0.25) is 5.91 Å². The van der Waals surface area contributed by atoms with Crippen molar-refractivity contribution in [2.75, 3.05) is 5.32 Å². The van der Waals surface area contributed by atoms with Gasteiger partial charge in [-0.2, -0.15) is 0 Å². The second-order valence-electron chi connectivity index (χ2n) is 5.62. The Morgan fingerprint density at radius 1 is 1.39 bits per heavy atom. The molecule has 0 fully saturated rings. The average molecular weight is 339 g/mol. The van der Waals surface area contributed by atoms with E-state index in [-0.39, 0.29) is 18.3 Å². The van der Waals surface area contributed by atoms with Crippen LogP contribution in [0, 0.1) is 5.92 Å². The summed E-state index contributed by atoms with van der Waals surface area (Å²) in [7, 11) is 0. The third kappa shape index (κ3) is 5.01. The highest BCUT2D eigenvalue weighted by molar-refractivity contribution is 5.95. The van der Waals surface area contributed by atoms with Crippen molar-refractivity contribution in [2.24, 2.45) is 11.7 Å². The van der Waals surface area contributed by atoms with Crippen LogP contribution in [-0.2, 0) is 11.3 Å². The third-order valence-corrected chi connectivity index (χ3v) is 3.28. The van der Waals surface area contributed by atoms with Crippen LogP contribution in [0.4, 0.5) is 5.69 Å². The predicted octanol–water partition coefficient (Wildman–Crippen LogP) is 2.09. The van der Waals surface area contributed by atoms with Gasteiger partial charge in [0, 0.05) is 17.8 Å². The smallest absolute Gasteiger partial charge is 0.241 e. The second kappa shape index (κ2) is 8.59. The van der Waals surface area contributed by atoms with E-state index in [0.717, 1.165) is 5.56 Å². The minimum atomic E-state index is -0.510. The van der Waals surface area contributed by atoms with Crippen LogP contribution in [0.2, 0.25) is 0 Å². The molecule has 1 atom stereocenters. The Labute approximate surface area is 142 Å². The molecule has 0 saturated carbocycles. The number of benzene rings is 1. The Hall–Kier alpha value is -1.99. The van der Waals surface area contributed by atoms with Crippen molar-refractivity contribution < 1.29 is 4.79 Å². The molecule has 0 aliphatic carbocycles. The maximum Gasteiger partial charge on any atom is 0.241 e. The molecule has 7 nitrogen and oxygen atoms in total. The summed E-state index contributed by atoms with van der Waals surface area (Å²) < 4.78 is 1.70. The summed E-state index contributed by atoms with van der Waals surface area (Å²) in [6, 6.07) is 6.92. The molecular weight excluding hydrogens is 316 g/mol. The Kier molecular flexibility index (Phi) is 7.12. The summed E-state index contributed by atoms with van der Waals surface area (Å²) in [4.78, 5) is 12.1. The zero-order valence-corrected chi connectivity index (χ0v) is 14.4. The highest BCUT2D eigenvalue weighted by atomic mass is 35.5. The first-order valence-electron chi connectivity index (χ1n) is 7.44. The lowest BCUT2D eigenvalue weighted by Gasteiger charge is -2.14. The molecule has 0 aliphatic heterocycles. The van der Waals surface area contributed by atoms with Gasteiger partial charge in [-0.3, -0.25) is 4.79 Å². The fraction of sp³-hybridized carbons (Fsp3) is 0.467. The highest BCUT2D eigenvalue weighted by Gasteiger charge is 2.15. The van der Waals surface area contributed by atoms with E-state index < -0.39 is 6.04 Å². The predicted molar refractivity (Wildman–Crippen MR) is 92.2 cm³/mol. The van der Waals surface area contributed by atoms with Crippen molar-refractivity contribution >= 4 is 24.0 Å². The number of nitrogens with zero attached hydrogens (tertiary/aromatic N) is 4. The highest BCUT2D eigenvalue weighted by Crippen LogP contribution is 2.20. The quantitative estimate of drug-likeness (QED) is 0.840. The number of carbonyl (C=O) groups excluding carboxylic acids is 1. The summed E-state index contributed by atoms with van der Waals surface area (Å²) in [5, 5.41) is 14.4. The molecule has 0 bridgehead atoms. The zero-order valence-electron chi connectivity index (χ0n) is 13.6. The van der Waals surface area contributed by atoms with Gasteiger partial charge in [-0.05, 0) is 41.8 Å². The number of hydrogen-bond acceptors (Lipinski definition) is 5. The summed E-state index contributed by atoms with van der Waals surface area (Å²) >= 11 is 0. The van der Waals surface area contributed by atoms with Crippen molar-refractivity contribution in [1.82, 2.24) is 20.2 Å². The number of amides is 1. The van der Waals surface area contributed by atoms with Gasteiger partial charge in [0.05, 0.1) is 6.04 Å². The molecule has 1 amide bonds. The molecular formula is C15H23ClN6O. The molecule has 1 aromatic carbocycles. The number of halogens is 1. The maximum absolute atomic E-state index is 12.1. The molecule has 3 N–H and O–H groups in total. The minimum absolute atomic E-state index is 0. The Morgan fingerprint density at radius 3 is 2.78 bits per heavy atom. The number of nitrogens with two attached hydrogens (primary N) is 1. The number of rotatable bonds is 6. The molecule has 126 valence electrons. The summed E-state index contributed by atoms with van der Waals surface area (Å²) in [5.74, 6) is 0.868. The molecule has 0 spiro atoms. The van der Waals surface area contributed by atoms with Crippen LogP contribution in [-0.4, -0.2) is 32.2 Å². The molecule has 0 saturated heterocycles. The number of anilines is 1. The van der Waals surface area contributed by atoms with Crippen molar-refractivity contribution in [3.63, 3.8) is 0 Å². The van der Waals surface area contributed by atoms with Crippen molar-refractivity contribution in [3.05, 3.63) is 24.3 Å². The molecule has 1 heterocycles. The first-order chi connectivity index (χ1) is 10.5. The molecule has 0 radical (unpaired) electrons. The third-order valence-electron chi connectivity index (χ3n) is 3.28. The fourth-order valence-corrected chi connectivity index (χ4v) is 2.21. The maximum atomic E-state index is 12.1. The van der Waals surface area contributed by atoms with Crippen molar-refractivity contribution in [1.29, 1.82) is 0 Å². The normalized spacial score (nSPS) is 11.9. The number of aryl methyl sites for hydroxylation is 1. The summed E-state index contributed by atoms with van der Waals surface area (Å²) in [6.45, 7) is 6.73. The van der Waals surface area contributed by atoms with Crippen LogP contribution >= 0.6 is 12.4 Å². The number of nitrogens with one attached hydrogen (secondary N) is 1. The van der Waals surface area contributed by atoms with Crippen LogP contribution in [0.1, 0.15) is 27.2 Å². The van der Waals surface area contributed by atoms with Gasteiger partial charge < -0.3 is 11.1 Å². The van der Waals surface area contributed by atoms with E-state index in [2.05, 4.69) is 20.8 Å². The fourth-order valence-electron chi connectivity index (χ4n) is 2.21. The molecule has 0 unspecified atom stereocenters. The van der Waals surface area contributed by atoms with Crippen LogP contribution in [0.3, 0.4) is 0 Å². The van der Waals surface area contributed by atoms with Gasteiger partial charge >= 0.3 is 0 Å². The van der Waals surface area contributed by atoms with E-state index in [1.807, 2.05) is 45.0 Å². The average Bonchev–Trinajstić information content (AvgIpc) is 2.95. The molecule has 0 aliphatic rings. The van der Waals surface area contributed by atoms with Gasteiger partial charge in [0.15, 0.2) is 5.82 Å². The van der Waals surface area contributed by atoms with Crippen LogP contribution in [0.15, 0.2) is 24.3 Å². The van der Waals surface area contributed by atoms with Gasteiger partial charge in [-0.1, -0.05) is 26.0 Å². The van der Waals surface area contributed by atoms with E-state index >= 15 is 0 Å². The molecule has 23 heavy (non-hydrogen) atoms. The minimum Gasteiger partial charge on any atom is -0.325 e. The Morgan fingerprint density at radius 2 is 2.13 bits per heavy atom. The van der Waals surface area contributed by atoms with Crippen molar-refractivity contribution in [3.8, 4) is 11.4 Å². The topological polar surface area (TPSA) is 98.7 Å². The van der Waals surface area contributed by atoms with Crippen LogP contribution in [0.25, 0.3) is 11.4 Å². The monoisotopic (exact) mass is 338 g/mol. The van der Waals surface area contributed by atoms with Gasteiger partial charge in [-0.15, -0.1) is 17.5 Å². The van der Waals surface area contributed by atoms with Crippen LogP contribution < -0.4 is 11.1 Å². The van der Waals surface area contributed by atoms with Gasteiger partial charge in [0.1, 0.15) is 0 Å². The molecule has 2 rings (SSSR count). The number of tetrazole rings is 1. The zero-order chi connectivity index (χ0) is 16.1. The molecule has 8 heteroatoms. The number of hydrogen-bond donors (Lipinski definition) is 2. The largest absolute Gasteiger partial charge is 0.325 e. The van der Waals surface area contributed by atoms with E-state index in [1.165, 1.54) is 0 Å². The lowest BCUT2D eigenvalue weighted by atomic mass is 10.0. The van der Waals surface area contributed by atoms with E-state index in [0.29, 0.717) is 30.4 Å². The number of carbonyl (C=O) groups is 1. The van der Waals surface area contributed by atoms with Gasteiger partial charge in [-0.25, -0.2) is 4.68 Å². The molecule has 2 aromatic rings. The van der Waals surface area contributed by atoms with Crippen LogP contribution in [0.5, 0.6) is 0 Å². The van der Waals surface area contributed by atoms with E-state index in [1.54, 1.807) is 4.68 Å².